The third-order valence-corrected chi connectivity index (χ3v) is 4.58. The molecule has 0 heterocycles. The van der Waals surface area contributed by atoms with Crippen molar-refractivity contribution in [2.24, 2.45) is 0 Å². The molecule has 20 heavy (non-hydrogen) atoms. The van der Waals surface area contributed by atoms with E-state index in [0.717, 1.165) is 0 Å². The van der Waals surface area contributed by atoms with Gasteiger partial charge in [-0.05, 0) is 52.1 Å². The molecular weight excluding hydrogens is 240 g/mol. The molecule has 3 aromatic rings. The van der Waals surface area contributed by atoms with Crippen molar-refractivity contribution in [1.82, 2.24) is 0 Å². The second-order valence-electron chi connectivity index (χ2n) is 5.89. The summed E-state index contributed by atoms with van der Waals surface area (Å²) in [6, 6.07) is 20.2. The molecule has 0 amide bonds. The van der Waals surface area contributed by atoms with E-state index in [-0.39, 0.29) is 0 Å². The molecule has 1 radical (unpaired) electrons. The van der Waals surface area contributed by atoms with Crippen molar-refractivity contribution in [1.29, 1.82) is 0 Å². The second-order valence-corrected chi connectivity index (χ2v) is 5.89. The van der Waals surface area contributed by atoms with E-state index in [0.29, 0.717) is 0 Å². The fourth-order valence-corrected chi connectivity index (χ4v) is 3.52. The van der Waals surface area contributed by atoms with E-state index in [4.69, 9.17) is 0 Å². The van der Waals surface area contributed by atoms with Crippen LogP contribution < -0.4 is 0 Å². The van der Waals surface area contributed by atoms with E-state index in [2.05, 4.69) is 54.6 Å². The molecule has 0 aromatic heterocycles. The fourth-order valence-electron chi connectivity index (χ4n) is 3.52. The Morgan fingerprint density at radius 2 is 1.30 bits per heavy atom. The first kappa shape index (κ1) is 12.0. The van der Waals surface area contributed by atoms with Crippen molar-refractivity contribution in [3.8, 4) is 0 Å². The van der Waals surface area contributed by atoms with E-state index in [1.165, 1.54) is 59.2 Å². The summed E-state index contributed by atoms with van der Waals surface area (Å²) >= 11 is 0. The predicted octanol–water partition coefficient (Wildman–Crippen LogP) is 5.88. The first-order valence-electron chi connectivity index (χ1n) is 7.68. The van der Waals surface area contributed by atoms with Crippen LogP contribution in [0.15, 0.2) is 54.6 Å². The van der Waals surface area contributed by atoms with Gasteiger partial charge in [-0.25, -0.2) is 0 Å². The van der Waals surface area contributed by atoms with Crippen LogP contribution >= 0.6 is 0 Å². The van der Waals surface area contributed by atoms with Crippen molar-refractivity contribution >= 4 is 21.5 Å². The van der Waals surface area contributed by atoms with Crippen LogP contribution in [-0.4, -0.2) is 0 Å². The molecule has 0 unspecified atom stereocenters. The van der Waals surface area contributed by atoms with Crippen molar-refractivity contribution in [2.75, 3.05) is 0 Å². The molecule has 1 aliphatic carbocycles. The molecule has 4 rings (SSSR count). The van der Waals surface area contributed by atoms with Gasteiger partial charge in [-0.1, -0.05) is 61.7 Å². The van der Waals surface area contributed by atoms with Crippen LogP contribution in [0, 0.1) is 5.92 Å². The number of rotatable bonds is 1. The van der Waals surface area contributed by atoms with Crippen molar-refractivity contribution < 1.29 is 0 Å². The van der Waals surface area contributed by atoms with E-state index in [9.17, 15) is 0 Å². The zero-order valence-electron chi connectivity index (χ0n) is 11.7. The summed E-state index contributed by atoms with van der Waals surface area (Å²) in [5.74, 6) is 1.66. The summed E-state index contributed by atoms with van der Waals surface area (Å²) in [7, 11) is 0. The Labute approximate surface area is 120 Å². The van der Waals surface area contributed by atoms with Crippen LogP contribution in [0.4, 0.5) is 0 Å². The van der Waals surface area contributed by atoms with E-state index in [1.54, 1.807) is 5.92 Å². The van der Waals surface area contributed by atoms with Crippen LogP contribution in [-0.2, 0) is 0 Å². The predicted molar refractivity (Wildman–Crippen MR) is 86.9 cm³/mol. The molecule has 0 bridgehead atoms. The Hall–Kier alpha value is -1.82. The van der Waals surface area contributed by atoms with Gasteiger partial charge in [0.05, 0.1) is 0 Å². The van der Waals surface area contributed by atoms with Crippen LogP contribution in [0.3, 0.4) is 0 Å². The Balaban J connectivity index is 1.94. The van der Waals surface area contributed by atoms with Crippen LogP contribution in [0.1, 0.15) is 37.7 Å². The molecule has 3 aromatic carbocycles. The van der Waals surface area contributed by atoms with E-state index in [1.807, 2.05) is 0 Å². The molecule has 99 valence electrons. The smallest absolute Gasteiger partial charge is 0.00562 e. The highest BCUT2D eigenvalue weighted by atomic mass is 14.2. The molecule has 0 spiro atoms. The van der Waals surface area contributed by atoms with Crippen LogP contribution in [0.2, 0.25) is 0 Å². The molecule has 0 atom stereocenters. The van der Waals surface area contributed by atoms with Gasteiger partial charge in [0.1, 0.15) is 0 Å². The molecular formula is C20H19. The third kappa shape index (κ3) is 2.00. The Bertz CT molecular complexity index is 748. The molecule has 0 N–H and O–H groups in total. The van der Waals surface area contributed by atoms with Gasteiger partial charge in [0, 0.05) is 5.92 Å². The zero-order valence-corrected chi connectivity index (χ0v) is 11.7. The average Bonchev–Trinajstić information content (AvgIpc) is 2.53. The lowest BCUT2D eigenvalue weighted by Crippen LogP contribution is -2.05. The number of hydrogen-bond donors (Lipinski definition) is 0. The lowest BCUT2D eigenvalue weighted by atomic mass is 9.82. The first-order valence-corrected chi connectivity index (χ1v) is 7.68. The average molecular weight is 259 g/mol. The molecule has 1 aliphatic rings. The molecule has 0 saturated heterocycles. The highest BCUT2D eigenvalue weighted by Gasteiger charge is 2.18. The molecule has 1 saturated carbocycles. The van der Waals surface area contributed by atoms with Gasteiger partial charge in [-0.3, -0.25) is 0 Å². The minimum atomic E-state index is 1.28. The lowest BCUT2D eigenvalue weighted by Gasteiger charge is -2.23. The van der Waals surface area contributed by atoms with Crippen molar-refractivity contribution in [3.05, 3.63) is 66.1 Å². The summed E-state index contributed by atoms with van der Waals surface area (Å²) in [6.45, 7) is 0. The molecule has 0 heteroatoms. The van der Waals surface area contributed by atoms with Gasteiger partial charge in [-0.2, -0.15) is 0 Å². The zero-order chi connectivity index (χ0) is 13.4. The summed E-state index contributed by atoms with van der Waals surface area (Å²) in [6.07, 6.45) is 6.69. The van der Waals surface area contributed by atoms with Gasteiger partial charge in [0.2, 0.25) is 0 Å². The van der Waals surface area contributed by atoms with Gasteiger partial charge in [0.25, 0.3) is 0 Å². The maximum atomic E-state index is 2.38. The van der Waals surface area contributed by atoms with Gasteiger partial charge in [-0.15, -0.1) is 0 Å². The second kappa shape index (κ2) is 4.94. The maximum Gasteiger partial charge on any atom is 0.00562 e. The standard InChI is InChI=1S/C20H19/c1-2-7-15(8-3-1)19-12-6-11-18-13-16-9-4-5-10-17(16)14-20(18)19/h4-6,9-14H,1-3,7-8H2. The molecule has 0 aliphatic heterocycles. The topological polar surface area (TPSA) is 0 Å². The number of fused-ring (bicyclic) bond motifs is 2. The summed E-state index contributed by atoms with van der Waals surface area (Å²) in [5, 5.41) is 5.50. The van der Waals surface area contributed by atoms with Crippen molar-refractivity contribution in [2.45, 2.75) is 32.1 Å². The van der Waals surface area contributed by atoms with Crippen LogP contribution in [0.25, 0.3) is 21.5 Å². The first-order chi connectivity index (χ1) is 9.92. The Morgan fingerprint density at radius 1 is 0.600 bits per heavy atom. The summed E-state index contributed by atoms with van der Waals surface area (Å²) < 4.78 is 0. The Kier molecular flexibility index (Phi) is 2.95. The number of benzene rings is 3. The highest BCUT2D eigenvalue weighted by Crippen LogP contribution is 2.36. The summed E-state index contributed by atoms with van der Waals surface area (Å²) in [4.78, 5) is 0. The quantitative estimate of drug-likeness (QED) is 0.479. The molecule has 1 fully saturated rings. The minimum Gasteiger partial charge on any atom is -0.0616 e. The number of hydrogen-bond acceptors (Lipinski definition) is 0. The summed E-state index contributed by atoms with van der Waals surface area (Å²) in [5.41, 5.74) is 1.49. The van der Waals surface area contributed by atoms with Gasteiger partial charge < -0.3 is 0 Å². The van der Waals surface area contributed by atoms with Crippen molar-refractivity contribution in [3.63, 3.8) is 0 Å². The SMILES string of the molecule is c1ccc2cc3c([C]4CCCCC4)cccc3cc2c1. The normalized spacial score (nSPS) is 16.8. The molecule has 0 nitrogen and oxygen atoms in total. The maximum absolute atomic E-state index is 2.38. The highest BCUT2D eigenvalue weighted by molar-refractivity contribution is 6.00. The van der Waals surface area contributed by atoms with Crippen LogP contribution in [0.5, 0.6) is 0 Å². The monoisotopic (exact) mass is 259 g/mol. The minimum absolute atomic E-state index is 1.28. The Morgan fingerprint density at radius 3 is 2.10 bits per heavy atom. The largest absolute Gasteiger partial charge is 0.0616 e. The van der Waals surface area contributed by atoms with E-state index < -0.39 is 0 Å². The van der Waals surface area contributed by atoms with Gasteiger partial charge >= 0.3 is 0 Å². The van der Waals surface area contributed by atoms with Gasteiger partial charge in [0.15, 0.2) is 0 Å². The van der Waals surface area contributed by atoms with E-state index >= 15 is 0 Å². The third-order valence-electron chi connectivity index (χ3n) is 4.58. The fraction of sp³-hybridized carbons (Fsp3) is 0.250. The lowest BCUT2D eigenvalue weighted by molar-refractivity contribution is 0.552.